The van der Waals surface area contributed by atoms with Gasteiger partial charge in [-0.25, -0.2) is 0 Å². The van der Waals surface area contributed by atoms with Gasteiger partial charge in [-0.2, -0.15) is 8.78 Å². The maximum absolute atomic E-state index is 12.4. The maximum Gasteiger partial charge on any atom is 0.318 e. The lowest BCUT2D eigenvalue weighted by Gasteiger charge is -2.15. The van der Waals surface area contributed by atoms with Crippen LogP contribution in [0.4, 0.5) is 8.78 Å². The van der Waals surface area contributed by atoms with Gasteiger partial charge in [0.1, 0.15) is 0 Å². The van der Waals surface area contributed by atoms with Crippen LogP contribution in [0.15, 0.2) is 18.5 Å². The lowest BCUT2D eigenvalue weighted by atomic mass is 10.1. The minimum atomic E-state index is -2.43. The summed E-state index contributed by atoms with van der Waals surface area (Å²) in [7, 11) is 0. The van der Waals surface area contributed by atoms with Crippen LogP contribution in [-0.4, -0.2) is 11.1 Å². The Kier molecular flexibility index (Phi) is 3.05. The fraction of sp³-hybridized carbons (Fsp3) is 0.636. The summed E-state index contributed by atoms with van der Waals surface area (Å²) in [6, 6.07) is 2.05. The summed E-state index contributed by atoms with van der Waals surface area (Å²) in [6.07, 6.45) is 5.41. The van der Waals surface area contributed by atoms with Gasteiger partial charge in [0.2, 0.25) is 0 Å². The smallest absolute Gasteiger partial charge is 0.310 e. The summed E-state index contributed by atoms with van der Waals surface area (Å²) < 4.78 is 25.7. The highest BCUT2D eigenvalue weighted by molar-refractivity contribution is 5.18. The lowest BCUT2D eigenvalue weighted by Crippen LogP contribution is -2.22. The minimum absolute atomic E-state index is 0.259. The molecule has 4 heteroatoms. The Balaban J connectivity index is 2.10. The Morgan fingerprint density at radius 2 is 2.27 bits per heavy atom. The van der Waals surface area contributed by atoms with Gasteiger partial charge in [-0.05, 0) is 36.9 Å². The summed E-state index contributed by atoms with van der Waals surface area (Å²) in [5.74, 6) is 0.637. The Bertz CT molecular complexity index is 318. The van der Waals surface area contributed by atoms with E-state index in [-0.39, 0.29) is 6.04 Å². The Labute approximate surface area is 88.3 Å². The number of rotatable bonds is 5. The highest BCUT2D eigenvalue weighted by Gasteiger charge is 2.32. The average molecular weight is 214 g/mol. The van der Waals surface area contributed by atoms with Crippen molar-refractivity contribution in [2.75, 3.05) is 6.54 Å². The molecule has 1 aromatic rings. The maximum atomic E-state index is 12.4. The Morgan fingerprint density at radius 3 is 2.73 bits per heavy atom. The van der Waals surface area contributed by atoms with Gasteiger partial charge in [-0.15, -0.1) is 0 Å². The van der Waals surface area contributed by atoms with E-state index < -0.39 is 6.55 Å². The number of nitrogens with zero attached hydrogens (tertiary/aromatic N) is 1. The average Bonchev–Trinajstić information content (AvgIpc) is 2.91. The van der Waals surface area contributed by atoms with E-state index in [0.717, 1.165) is 16.7 Å². The second kappa shape index (κ2) is 4.31. The molecule has 1 unspecified atom stereocenters. The van der Waals surface area contributed by atoms with Gasteiger partial charge < -0.3 is 5.32 Å². The van der Waals surface area contributed by atoms with Crippen molar-refractivity contribution >= 4 is 0 Å². The molecule has 84 valence electrons. The molecule has 0 amide bonds. The van der Waals surface area contributed by atoms with Gasteiger partial charge in [-0.3, -0.25) is 4.57 Å². The van der Waals surface area contributed by atoms with Crippen molar-refractivity contribution in [3.63, 3.8) is 0 Å². The third kappa shape index (κ3) is 2.37. The molecule has 0 radical (unpaired) electrons. The molecule has 0 saturated heterocycles. The quantitative estimate of drug-likeness (QED) is 0.797. The van der Waals surface area contributed by atoms with Crippen molar-refractivity contribution in [2.24, 2.45) is 5.92 Å². The highest BCUT2D eigenvalue weighted by atomic mass is 19.3. The first-order chi connectivity index (χ1) is 7.22. The van der Waals surface area contributed by atoms with E-state index in [9.17, 15) is 8.78 Å². The summed E-state index contributed by atoms with van der Waals surface area (Å²) in [4.78, 5) is 0. The van der Waals surface area contributed by atoms with Crippen molar-refractivity contribution in [3.8, 4) is 0 Å². The van der Waals surface area contributed by atoms with Crippen LogP contribution in [0.2, 0.25) is 0 Å². The van der Waals surface area contributed by atoms with Gasteiger partial charge in [0, 0.05) is 18.4 Å². The molecule has 1 N–H and O–H groups in total. The summed E-state index contributed by atoms with van der Waals surface area (Å²) in [6.45, 7) is 0.487. The normalized spacial score (nSPS) is 18.4. The SMILES string of the molecule is CCNC(c1ccn(C(F)F)c1)C1CC1. The fourth-order valence-corrected chi connectivity index (χ4v) is 1.94. The van der Waals surface area contributed by atoms with Crippen LogP contribution >= 0.6 is 0 Å². The van der Waals surface area contributed by atoms with Crippen LogP contribution in [0.25, 0.3) is 0 Å². The largest absolute Gasteiger partial charge is 0.318 e. The van der Waals surface area contributed by atoms with Crippen LogP contribution in [-0.2, 0) is 0 Å². The molecule has 1 heterocycles. The van der Waals surface area contributed by atoms with Crippen molar-refractivity contribution in [2.45, 2.75) is 32.4 Å². The molecule has 2 nitrogen and oxygen atoms in total. The standard InChI is InChI=1S/C11H16F2N2/c1-2-14-10(8-3-4-8)9-5-6-15(7-9)11(12)13/h5-8,10-11,14H,2-4H2,1H3. The molecule has 1 atom stereocenters. The van der Waals surface area contributed by atoms with Crippen molar-refractivity contribution < 1.29 is 8.78 Å². The second-order valence-corrected chi connectivity index (χ2v) is 4.04. The van der Waals surface area contributed by atoms with Gasteiger partial charge in [0.05, 0.1) is 0 Å². The molecule has 0 aliphatic heterocycles. The van der Waals surface area contributed by atoms with E-state index >= 15 is 0 Å². The molecule has 0 bridgehead atoms. The number of aromatic nitrogens is 1. The monoisotopic (exact) mass is 214 g/mol. The summed E-state index contributed by atoms with van der Waals surface area (Å²) in [5, 5.41) is 3.35. The number of hydrogen-bond acceptors (Lipinski definition) is 1. The van der Waals surface area contributed by atoms with Crippen LogP contribution in [0, 0.1) is 5.92 Å². The fourth-order valence-electron chi connectivity index (χ4n) is 1.94. The van der Waals surface area contributed by atoms with Crippen LogP contribution < -0.4 is 5.32 Å². The van der Waals surface area contributed by atoms with Crippen LogP contribution in [0.1, 0.15) is 37.9 Å². The van der Waals surface area contributed by atoms with E-state index in [0.29, 0.717) is 5.92 Å². The third-order valence-electron chi connectivity index (χ3n) is 2.84. The lowest BCUT2D eigenvalue weighted by molar-refractivity contribution is 0.0705. The predicted molar refractivity (Wildman–Crippen MR) is 54.8 cm³/mol. The molecule has 0 spiro atoms. The number of halogens is 2. The van der Waals surface area contributed by atoms with Gasteiger partial charge in [-0.1, -0.05) is 6.92 Å². The van der Waals surface area contributed by atoms with Gasteiger partial charge in [0.15, 0.2) is 0 Å². The molecular weight excluding hydrogens is 198 g/mol. The van der Waals surface area contributed by atoms with E-state index in [4.69, 9.17) is 0 Å². The molecule has 1 fully saturated rings. The molecule has 1 aromatic heterocycles. The van der Waals surface area contributed by atoms with E-state index in [1.54, 1.807) is 12.3 Å². The molecule has 1 saturated carbocycles. The molecule has 2 rings (SSSR count). The topological polar surface area (TPSA) is 17.0 Å². The second-order valence-electron chi connectivity index (χ2n) is 4.04. The molecular formula is C11H16F2N2. The minimum Gasteiger partial charge on any atom is -0.310 e. The van der Waals surface area contributed by atoms with Gasteiger partial charge in [0.25, 0.3) is 0 Å². The molecule has 1 aliphatic carbocycles. The molecule has 0 aromatic carbocycles. The number of hydrogen-bond donors (Lipinski definition) is 1. The zero-order valence-electron chi connectivity index (χ0n) is 8.79. The van der Waals surface area contributed by atoms with Crippen molar-refractivity contribution in [1.29, 1.82) is 0 Å². The van der Waals surface area contributed by atoms with E-state index in [2.05, 4.69) is 5.32 Å². The third-order valence-corrected chi connectivity index (χ3v) is 2.84. The number of alkyl halides is 2. The van der Waals surface area contributed by atoms with Crippen LogP contribution in [0.5, 0.6) is 0 Å². The van der Waals surface area contributed by atoms with Crippen LogP contribution in [0.3, 0.4) is 0 Å². The van der Waals surface area contributed by atoms with E-state index in [1.165, 1.54) is 19.0 Å². The first kappa shape index (κ1) is 10.6. The van der Waals surface area contributed by atoms with Crippen molar-refractivity contribution in [3.05, 3.63) is 24.0 Å². The van der Waals surface area contributed by atoms with Crippen molar-refractivity contribution in [1.82, 2.24) is 9.88 Å². The van der Waals surface area contributed by atoms with Gasteiger partial charge >= 0.3 is 6.55 Å². The first-order valence-electron chi connectivity index (χ1n) is 5.41. The molecule has 1 aliphatic rings. The first-order valence-corrected chi connectivity index (χ1v) is 5.41. The highest BCUT2D eigenvalue weighted by Crippen LogP contribution is 2.41. The summed E-state index contributed by atoms with van der Waals surface area (Å²) >= 11 is 0. The Hall–Kier alpha value is -0.900. The van der Waals surface area contributed by atoms with E-state index in [1.807, 2.05) is 6.92 Å². The molecule has 15 heavy (non-hydrogen) atoms. The summed E-state index contributed by atoms with van der Waals surface area (Å²) in [5.41, 5.74) is 0.986. The number of nitrogens with one attached hydrogen (secondary N) is 1. The zero-order valence-corrected chi connectivity index (χ0v) is 8.79. The zero-order chi connectivity index (χ0) is 10.8. The Morgan fingerprint density at radius 1 is 1.53 bits per heavy atom. The predicted octanol–water partition coefficient (Wildman–Crippen LogP) is 2.94.